The molecule has 0 spiro atoms. The molecule has 0 amide bonds. The minimum atomic E-state index is 0. The average Bonchev–Trinajstić information content (AvgIpc) is 0. The number of hydrogen-bond acceptors (Lipinski definition) is 0. The molecule has 0 aliphatic heterocycles. The van der Waals surface area contributed by atoms with Gasteiger partial charge in [0, 0.05) is 18.6 Å². The van der Waals surface area contributed by atoms with Gasteiger partial charge >= 0.3 is 103 Å². The standard InChI is InChI=1S/Al.2K.V.5H/q;2*+1;;;;;2*-1. The summed E-state index contributed by atoms with van der Waals surface area (Å²) in [6.45, 7) is 0. The molecule has 0 aromatic carbocycles. The molecule has 0 aromatic rings. The van der Waals surface area contributed by atoms with E-state index in [9.17, 15) is 0 Å². The van der Waals surface area contributed by atoms with E-state index in [-0.39, 0.29) is 142 Å². The minimum absolute atomic E-state index is 0. The minimum Gasteiger partial charge on any atom is -1.00 e. The molecule has 1 radical (unpaired) electrons. The first-order chi connectivity index (χ1) is 0. The van der Waals surface area contributed by atoms with E-state index < -0.39 is 0 Å². The molecule has 15 valence electrons. The molecule has 0 heterocycles. The maximum Gasteiger partial charge on any atom is 1.00 e. The molecule has 0 rings (SSSR count). The van der Waals surface area contributed by atoms with Crippen LogP contribution < -0.4 is 103 Å². The van der Waals surface area contributed by atoms with Gasteiger partial charge in [-0.2, -0.15) is 0 Å². The average molecular weight is 161 g/mol. The summed E-state index contributed by atoms with van der Waals surface area (Å²) in [7, 11) is 0. The van der Waals surface area contributed by atoms with Gasteiger partial charge in [0.15, 0.2) is 17.4 Å². The van der Waals surface area contributed by atoms with Gasteiger partial charge in [-0.15, -0.1) is 0 Å². The summed E-state index contributed by atoms with van der Waals surface area (Å²) in [5.74, 6) is 0. The predicted octanol–water partition coefficient (Wildman–Crippen LogP) is -6.95. The fourth-order valence-electron chi connectivity index (χ4n) is 0. The van der Waals surface area contributed by atoms with Crippen LogP contribution in [0.15, 0.2) is 0 Å². The molecule has 0 aliphatic rings. The molecule has 0 aromatic heterocycles. The van der Waals surface area contributed by atoms with Gasteiger partial charge < -0.3 is 2.85 Å². The Morgan fingerprint density at radius 2 is 1.00 bits per heavy atom. The van der Waals surface area contributed by atoms with Crippen molar-refractivity contribution in [2.75, 3.05) is 0 Å². The van der Waals surface area contributed by atoms with Gasteiger partial charge in [0.25, 0.3) is 0 Å². The summed E-state index contributed by atoms with van der Waals surface area (Å²) in [6.07, 6.45) is 0. The van der Waals surface area contributed by atoms with Crippen molar-refractivity contribution in [3.05, 3.63) is 0 Å². The summed E-state index contributed by atoms with van der Waals surface area (Å²) in [5, 5.41) is 0. The maximum absolute atomic E-state index is 0. The number of rotatable bonds is 0. The van der Waals surface area contributed by atoms with E-state index in [2.05, 4.69) is 0 Å². The molecule has 4 heavy (non-hydrogen) atoms. The second-order valence-electron chi connectivity index (χ2n) is 0. The Labute approximate surface area is 137 Å². The third-order valence-electron chi connectivity index (χ3n) is 0. The van der Waals surface area contributed by atoms with E-state index in [1.54, 1.807) is 0 Å². The van der Waals surface area contributed by atoms with Crippen LogP contribution in [-0.4, -0.2) is 17.4 Å². The van der Waals surface area contributed by atoms with Crippen LogP contribution in [0.2, 0.25) is 0 Å². The molecule has 0 saturated heterocycles. The first-order valence-electron chi connectivity index (χ1n) is 0. The fourth-order valence-corrected chi connectivity index (χ4v) is 0. The molecule has 0 fully saturated rings. The zero-order valence-electron chi connectivity index (χ0n) is 4.45. The molecule has 0 atom stereocenters. The van der Waals surface area contributed by atoms with E-state index >= 15 is 0 Å². The van der Waals surface area contributed by atoms with Gasteiger partial charge in [-0.1, -0.05) is 0 Å². The maximum atomic E-state index is 0. The summed E-state index contributed by atoms with van der Waals surface area (Å²) in [5.41, 5.74) is 0. The van der Waals surface area contributed by atoms with E-state index in [1.165, 1.54) is 0 Å². The van der Waals surface area contributed by atoms with Crippen LogP contribution in [0.25, 0.3) is 0 Å². The molecule has 0 aliphatic carbocycles. The van der Waals surface area contributed by atoms with Gasteiger partial charge in [-0.05, 0) is 0 Å². The zero-order valence-corrected chi connectivity index (χ0v) is 10.1. The molecule has 0 N–H and O–H groups in total. The summed E-state index contributed by atoms with van der Waals surface area (Å²) < 4.78 is 0. The largest absolute Gasteiger partial charge is 1.00 e. The molecule has 0 unspecified atom stereocenters. The Balaban J connectivity index is 0. The first-order valence-corrected chi connectivity index (χ1v) is 0. The zero-order chi connectivity index (χ0) is 0. The fraction of sp³-hybridized carbons (Fsp3) is 0. The third-order valence-corrected chi connectivity index (χ3v) is 0. The summed E-state index contributed by atoms with van der Waals surface area (Å²) in [6, 6.07) is 0. The van der Waals surface area contributed by atoms with Gasteiger partial charge in [0.05, 0.1) is 0 Å². The smallest absolute Gasteiger partial charge is 1.00 e. The second kappa shape index (κ2) is 15.7. The van der Waals surface area contributed by atoms with Gasteiger partial charge in [-0.25, -0.2) is 0 Å². The van der Waals surface area contributed by atoms with Crippen molar-refractivity contribution >= 4 is 17.4 Å². The van der Waals surface area contributed by atoms with E-state index in [0.29, 0.717) is 0 Å². The first kappa shape index (κ1) is 23.8. The van der Waals surface area contributed by atoms with Crippen molar-refractivity contribution in [1.82, 2.24) is 0 Å². The second-order valence-corrected chi connectivity index (χ2v) is 0. The summed E-state index contributed by atoms with van der Waals surface area (Å²) >= 11 is 0. The molecular formula is H5AlK2V. The van der Waals surface area contributed by atoms with Crippen LogP contribution in [0.4, 0.5) is 0 Å². The Morgan fingerprint density at radius 1 is 1.00 bits per heavy atom. The molecule has 0 saturated carbocycles. The Kier molecular flexibility index (Phi) is 93.1. The van der Waals surface area contributed by atoms with Crippen molar-refractivity contribution in [2.24, 2.45) is 0 Å². The van der Waals surface area contributed by atoms with Crippen molar-refractivity contribution in [1.29, 1.82) is 0 Å². The van der Waals surface area contributed by atoms with Crippen LogP contribution >= 0.6 is 0 Å². The molecule has 0 bridgehead atoms. The van der Waals surface area contributed by atoms with Crippen LogP contribution in [0.1, 0.15) is 2.85 Å². The van der Waals surface area contributed by atoms with Crippen LogP contribution in [0.3, 0.4) is 0 Å². The van der Waals surface area contributed by atoms with Crippen molar-refractivity contribution in [3.8, 4) is 0 Å². The SMILES string of the molecule is [AlH3].[H-].[H-].[K+].[K+].[V]. The summed E-state index contributed by atoms with van der Waals surface area (Å²) in [4.78, 5) is 0. The number of hydrogen-bond donors (Lipinski definition) is 0. The van der Waals surface area contributed by atoms with E-state index in [0.717, 1.165) is 0 Å². The van der Waals surface area contributed by atoms with Crippen molar-refractivity contribution in [3.63, 3.8) is 0 Å². The predicted molar refractivity (Wildman–Crippen MR) is 12.2 cm³/mol. The topological polar surface area (TPSA) is 0 Å². The Bertz CT molecular complexity index is 11.5. The Morgan fingerprint density at radius 3 is 1.00 bits per heavy atom. The van der Waals surface area contributed by atoms with E-state index in [1.807, 2.05) is 0 Å². The molecule has 4 heteroatoms. The van der Waals surface area contributed by atoms with Gasteiger partial charge in [0.2, 0.25) is 0 Å². The van der Waals surface area contributed by atoms with Crippen LogP contribution in [0, 0.1) is 0 Å². The van der Waals surface area contributed by atoms with Crippen molar-refractivity contribution in [2.45, 2.75) is 0 Å². The quantitative estimate of drug-likeness (QED) is 0.310. The van der Waals surface area contributed by atoms with Gasteiger partial charge in [0.1, 0.15) is 0 Å². The molecular weight excluding hydrogens is 156 g/mol. The van der Waals surface area contributed by atoms with Crippen molar-refractivity contribution < 1.29 is 124 Å². The molecule has 0 nitrogen and oxygen atoms in total. The third kappa shape index (κ3) is 9.63. The van der Waals surface area contributed by atoms with Gasteiger partial charge in [-0.3, -0.25) is 0 Å². The van der Waals surface area contributed by atoms with Crippen LogP contribution in [-0.2, 0) is 18.6 Å². The van der Waals surface area contributed by atoms with Crippen LogP contribution in [0.5, 0.6) is 0 Å². The normalized spacial score (nSPS) is 0. The Hall–Kier alpha value is 4.39. The van der Waals surface area contributed by atoms with E-state index in [4.69, 9.17) is 0 Å². The monoisotopic (exact) mass is 161 g/mol.